The van der Waals surface area contributed by atoms with Crippen LogP contribution in [0.15, 0.2) is 12.3 Å². The summed E-state index contributed by atoms with van der Waals surface area (Å²) in [5.41, 5.74) is 0.0857. The molecule has 0 amide bonds. The van der Waals surface area contributed by atoms with E-state index in [4.69, 9.17) is 16.7 Å². The van der Waals surface area contributed by atoms with Crippen molar-refractivity contribution < 1.29 is 9.90 Å². The number of rotatable bonds is 4. The molecular formula is C13H18ClN3O2. The molecular weight excluding hydrogens is 266 g/mol. The van der Waals surface area contributed by atoms with Gasteiger partial charge in [0.05, 0.1) is 10.6 Å². The highest BCUT2D eigenvalue weighted by molar-refractivity contribution is 6.35. The monoisotopic (exact) mass is 283 g/mol. The summed E-state index contributed by atoms with van der Waals surface area (Å²) in [5.74, 6) is 0.0118. The van der Waals surface area contributed by atoms with E-state index in [1.54, 1.807) is 0 Å². The Balaban J connectivity index is 1.96. The van der Waals surface area contributed by atoms with Crippen molar-refractivity contribution in [1.29, 1.82) is 0 Å². The van der Waals surface area contributed by atoms with Gasteiger partial charge in [0.15, 0.2) is 0 Å². The van der Waals surface area contributed by atoms with E-state index < -0.39 is 5.97 Å². The van der Waals surface area contributed by atoms with Crippen molar-refractivity contribution in [3.05, 3.63) is 22.8 Å². The van der Waals surface area contributed by atoms with E-state index in [0.717, 1.165) is 32.5 Å². The molecule has 0 saturated carbocycles. The molecule has 104 valence electrons. The van der Waals surface area contributed by atoms with E-state index in [0.29, 0.717) is 11.7 Å². The van der Waals surface area contributed by atoms with E-state index in [9.17, 15) is 4.79 Å². The van der Waals surface area contributed by atoms with E-state index >= 15 is 0 Å². The standard InChI is InChI=1S/C13H18ClN3O2/c1-17-6-3-9(4-7-17)8-16-12-11(14)10(13(18)19)2-5-15-12/h2,5,9H,3-4,6-8H2,1H3,(H,15,16)(H,18,19). The van der Waals surface area contributed by atoms with Crippen molar-refractivity contribution in [2.75, 3.05) is 32.0 Å². The Morgan fingerprint density at radius 3 is 2.89 bits per heavy atom. The van der Waals surface area contributed by atoms with Gasteiger partial charge in [0.2, 0.25) is 0 Å². The lowest BCUT2D eigenvalue weighted by Crippen LogP contribution is -2.33. The van der Waals surface area contributed by atoms with Gasteiger partial charge in [-0.25, -0.2) is 9.78 Å². The Morgan fingerprint density at radius 2 is 2.26 bits per heavy atom. The van der Waals surface area contributed by atoms with E-state index in [1.165, 1.54) is 12.3 Å². The molecule has 5 nitrogen and oxygen atoms in total. The van der Waals surface area contributed by atoms with Crippen LogP contribution < -0.4 is 5.32 Å². The number of carbonyl (C=O) groups is 1. The fraction of sp³-hybridized carbons (Fsp3) is 0.538. The molecule has 1 aliphatic rings. The fourth-order valence-corrected chi connectivity index (χ4v) is 2.50. The first-order valence-corrected chi connectivity index (χ1v) is 6.76. The molecule has 0 spiro atoms. The van der Waals surface area contributed by atoms with Crippen LogP contribution in [0.3, 0.4) is 0 Å². The molecule has 0 aromatic carbocycles. The van der Waals surface area contributed by atoms with Crippen molar-refractivity contribution in [1.82, 2.24) is 9.88 Å². The molecule has 0 aliphatic carbocycles. The number of pyridine rings is 1. The smallest absolute Gasteiger partial charge is 0.337 e. The van der Waals surface area contributed by atoms with Crippen molar-refractivity contribution in [2.45, 2.75) is 12.8 Å². The third kappa shape index (κ3) is 3.58. The molecule has 6 heteroatoms. The highest BCUT2D eigenvalue weighted by atomic mass is 35.5. The van der Waals surface area contributed by atoms with E-state index in [-0.39, 0.29) is 10.6 Å². The highest BCUT2D eigenvalue weighted by Gasteiger charge is 2.18. The zero-order chi connectivity index (χ0) is 13.8. The Bertz CT molecular complexity index is 459. The maximum atomic E-state index is 11.0. The van der Waals surface area contributed by atoms with Crippen LogP contribution in [0, 0.1) is 5.92 Å². The van der Waals surface area contributed by atoms with Gasteiger partial charge in [0.25, 0.3) is 0 Å². The number of hydrogen-bond donors (Lipinski definition) is 2. The van der Waals surface area contributed by atoms with Gasteiger partial charge in [-0.3, -0.25) is 0 Å². The third-order valence-electron chi connectivity index (χ3n) is 3.52. The second-order valence-electron chi connectivity index (χ2n) is 4.95. The molecule has 1 aromatic rings. The Labute approximate surface area is 117 Å². The van der Waals surface area contributed by atoms with Crippen molar-refractivity contribution in [3.8, 4) is 0 Å². The summed E-state index contributed by atoms with van der Waals surface area (Å²) in [6, 6.07) is 1.41. The van der Waals surface area contributed by atoms with Gasteiger partial charge < -0.3 is 15.3 Å². The Hall–Kier alpha value is -1.33. The highest BCUT2D eigenvalue weighted by Crippen LogP contribution is 2.24. The number of likely N-dealkylation sites (tertiary alicyclic amines) is 1. The van der Waals surface area contributed by atoms with Crippen LogP contribution in [0.2, 0.25) is 5.02 Å². The summed E-state index contributed by atoms with van der Waals surface area (Å²) in [7, 11) is 2.12. The third-order valence-corrected chi connectivity index (χ3v) is 3.90. The van der Waals surface area contributed by atoms with Crippen LogP contribution in [0.1, 0.15) is 23.2 Å². The van der Waals surface area contributed by atoms with Gasteiger partial charge in [-0.2, -0.15) is 0 Å². The molecule has 2 N–H and O–H groups in total. The molecule has 19 heavy (non-hydrogen) atoms. The number of carboxylic acids is 1. The van der Waals surface area contributed by atoms with E-state index in [2.05, 4.69) is 22.2 Å². The van der Waals surface area contributed by atoms with E-state index in [1.807, 2.05) is 0 Å². The van der Waals surface area contributed by atoms with Gasteiger partial charge in [0, 0.05) is 12.7 Å². The Morgan fingerprint density at radius 1 is 1.58 bits per heavy atom. The number of aromatic nitrogens is 1. The number of piperidine rings is 1. The topological polar surface area (TPSA) is 65.5 Å². The van der Waals surface area contributed by atoms with Crippen molar-refractivity contribution in [2.24, 2.45) is 5.92 Å². The summed E-state index contributed by atoms with van der Waals surface area (Å²) >= 11 is 6.03. The number of hydrogen-bond acceptors (Lipinski definition) is 4. The minimum Gasteiger partial charge on any atom is -0.478 e. The SMILES string of the molecule is CN1CCC(CNc2nccc(C(=O)O)c2Cl)CC1. The summed E-state index contributed by atoms with van der Waals surface area (Å²) in [6.45, 7) is 2.98. The largest absolute Gasteiger partial charge is 0.478 e. The predicted octanol–water partition coefficient (Wildman–Crippen LogP) is 2.19. The number of nitrogens with zero attached hydrogens (tertiary/aromatic N) is 2. The maximum Gasteiger partial charge on any atom is 0.337 e. The summed E-state index contributed by atoms with van der Waals surface area (Å²) in [5, 5.41) is 12.3. The molecule has 1 fully saturated rings. The van der Waals surface area contributed by atoms with Gasteiger partial charge >= 0.3 is 5.97 Å². The molecule has 0 bridgehead atoms. The molecule has 0 atom stereocenters. The minimum atomic E-state index is -1.03. The second-order valence-corrected chi connectivity index (χ2v) is 5.33. The normalized spacial score (nSPS) is 17.4. The second kappa shape index (κ2) is 6.21. The lowest BCUT2D eigenvalue weighted by atomic mass is 9.97. The maximum absolute atomic E-state index is 11.0. The number of aromatic carboxylic acids is 1. The van der Waals surface area contributed by atoms with Crippen LogP contribution in [0.4, 0.5) is 5.82 Å². The van der Waals surface area contributed by atoms with Crippen LogP contribution in [-0.2, 0) is 0 Å². The van der Waals surface area contributed by atoms with Crippen LogP contribution in [0.25, 0.3) is 0 Å². The average molecular weight is 284 g/mol. The van der Waals surface area contributed by atoms with Crippen molar-refractivity contribution >= 4 is 23.4 Å². The zero-order valence-corrected chi connectivity index (χ0v) is 11.7. The minimum absolute atomic E-state index is 0.0857. The quantitative estimate of drug-likeness (QED) is 0.887. The van der Waals surface area contributed by atoms with Gasteiger partial charge in [0.1, 0.15) is 5.82 Å². The summed E-state index contributed by atoms with van der Waals surface area (Å²) in [6.07, 6.45) is 3.74. The molecule has 2 rings (SSSR count). The Kier molecular flexibility index (Phi) is 4.61. The lowest BCUT2D eigenvalue weighted by molar-refractivity contribution is 0.0697. The van der Waals surface area contributed by atoms with Gasteiger partial charge in [-0.15, -0.1) is 0 Å². The average Bonchev–Trinajstić information content (AvgIpc) is 2.39. The zero-order valence-electron chi connectivity index (χ0n) is 10.9. The molecule has 1 aromatic heterocycles. The number of anilines is 1. The molecule has 0 radical (unpaired) electrons. The lowest BCUT2D eigenvalue weighted by Gasteiger charge is -2.29. The van der Waals surface area contributed by atoms with Gasteiger partial charge in [-0.1, -0.05) is 11.6 Å². The number of halogens is 1. The van der Waals surface area contributed by atoms with Crippen LogP contribution in [0.5, 0.6) is 0 Å². The first kappa shape index (κ1) is 14.1. The van der Waals surface area contributed by atoms with Crippen molar-refractivity contribution in [3.63, 3.8) is 0 Å². The molecule has 1 aliphatic heterocycles. The fourth-order valence-electron chi connectivity index (χ4n) is 2.24. The summed E-state index contributed by atoms with van der Waals surface area (Å²) < 4.78 is 0. The molecule has 2 heterocycles. The van der Waals surface area contributed by atoms with Gasteiger partial charge in [-0.05, 0) is 45.0 Å². The predicted molar refractivity (Wildman–Crippen MR) is 74.9 cm³/mol. The summed E-state index contributed by atoms with van der Waals surface area (Å²) in [4.78, 5) is 17.4. The number of carboxylic acid groups (broad SMARTS) is 1. The number of nitrogens with one attached hydrogen (secondary N) is 1. The van der Waals surface area contributed by atoms with Crippen LogP contribution >= 0.6 is 11.6 Å². The first-order chi connectivity index (χ1) is 9.08. The molecule has 0 unspecified atom stereocenters. The van der Waals surface area contributed by atoms with Crippen LogP contribution in [-0.4, -0.2) is 47.6 Å². The first-order valence-electron chi connectivity index (χ1n) is 6.38. The molecule has 1 saturated heterocycles.